The van der Waals surface area contributed by atoms with Crippen LogP contribution in [-0.4, -0.2) is 36.5 Å². The van der Waals surface area contributed by atoms with Crippen LogP contribution < -0.4 is 4.74 Å². The molecule has 0 radical (unpaired) electrons. The molecule has 0 amide bonds. The van der Waals surface area contributed by atoms with E-state index in [1.807, 2.05) is 0 Å². The predicted octanol–water partition coefficient (Wildman–Crippen LogP) is 3.49. The maximum Gasteiger partial charge on any atom is 0.179 e. The second-order valence-corrected chi connectivity index (χ2v) is 9.04. The summed E-state index contributed by atoms with van der Waals surface area (Å²) in [5.74, 6) is 0.192. The molecule has 1 aliphatic carbocycles. The fraction of sp³-hybridized carbons (Fsp3) is 0.389. The Labute approximate surface area is 152 Å². The first-order valence-corrected chi connectivity index (χ1v) is 10.3. The van der Waals surface area contributed by atoms with Crippen LogP contribution in [0.5, 0.6) is 5.75 Å². The first kappa shape index (κ1) is 18.2. The summed E-state index contributed by atoms with van der Waals surface area (Å²) in [6, 6.07) is 8.35. The topological polar surface area (TPSA) is 76.5 Å². The average molecular weight is 382 g/mol. The van der Waals surface area contributed by atoms with E-state index in [0.717, 1.165) is 12.7 Å². The average Bonchev–Trinajstić information content (AvgIpc) is 2.87. The van der Waals surface area contributed by atoms with E-state index in [1.165, 1.54) is 6.07 Å². The molecule has 2 aromatic rings. The SMILES string of the molecule is CC1(O)CCCC1Oc1c(-c2ccccn2)cc(Cl)cc1S(C)(=O)=O. The smallest absolute Gasteiger partial charge is 0.179 e. The van der Waals surface area contributed by atoms with Crippen molar-refractivity contribution < 1.29 is 18.3 Å². The number of nitrogens with zero attached hydrogens (tertiary/aromatic N) is 1. The van der Waals surface area contributed by atoms with Crippen LogP contribution in [0.15, 0.2) is 41.4 Å². The van der Waals surface area contributed by atoms with E-state index in [0.29, 0.717) is 24.1 Å². The standard InChI is InChI=1S/C18H20ClNO4S/c1-18(21)8-5-7-16(18)24-17-13(14-6-3-4-9-20-14)10-12(19)11-15(17)25(2,22)23/h3-4,6,9-11,16,21H,5,7-8H2,1-2H3. The van der Waals surface area contributed by atoms with E-state index >= 15 is 0 Å². The first-order valence-electron chi connectivity index (χ1n) is 8.02. The van der Waals surface area contributed by atoms with Gasteiger partial charge in [0.1, 0.15) is 16.7 Å². The van der Waals surface area contributed by atoms with Crippen LogP contribution in [0.25, 0.3) is 11.3 Å². The Morgan fingerprint density at radius 1 is 1.36 bits per heavy atom. The van der Waals surface area contributed by atoms with Crippen LogP contribution in [0.1, 0.15) is 26.2 Å². The molecule has 3 rings (SSSR count). The fourth-order valence-corrected chi connectivity index (χ4v) is 4.24. The van der Waals surface area contributed by atoms with Crippen LogP contribution in [0.2, 0.25) is 5.02 Å². The Balaban J connectivity index is 2.19. The van der Waals surface area contributed by atoms with E-state index in [2.05, 4.69) is 4.98 Å². The summed E-state index contributed by atoms with van der Waals surface area (Å²) in [6.45, 7) is 1.71. The van der Waals surface area contributed by atoms with Gasteiger partial charge in [-0.3, -0.25) is 4.98 Å². The summed E-state index contributed by atoms with van der Waals surface area (Å²) >= 11 is 6.15. The van der Waals surface area contributed by atoms with E-state index in [9.17, 15) is 13.5 Å². The van der Waals surface area contributed by atoms with Crippen LogP contribution >= 0.6 is 11.6 Å². The molecule has 5 nitrogen and oxygen atoms in total. The number of sulfone groups is 1. The van der Waals surface area contributed by atoms with Crippen LogP contribution in [0, 0.1) is 0 Å². The van der Waals surface area contributed by atoms with Crippen molar-refractivity contribution in [2.45, 2.75) is 42.8 Å². The summed E-state index contributed by atoms with van der Waals surface area (Å²) in [5, 5.41) is 10.8. The van der Waals surface area contributed by atoms with Gasteiger partial charge in [-0.2, -0.15) is 0 Å². The third-order valence-corrected chi connectivity index (χ3v) is 5.78. The molecule has 1 fully saturated rings. The molecule has 7 heteroatoms. The number of aromatic nitrogens is 1. The third kappa shape index (κ3) is 3.81. The largest absolute Gasteiger partial charge is 0.485 e. The maximum absolute atomic E-state index is 12.3. The molecule has 0 bridgehead atoms. The number of pyridine rings is 1. The highest BCUT2D eigenvalue weighted by Gasteiger charge is 2.40. The molecule has 1 saturated carbocycles. The van der Waals surface area contributed by atoms with Gasteiger partial charge in [-0.1, -0.05) is 17.7 Å². The van der Waals surface area contributed by atoms with Crippen molar-refractivity contribution in [3.8, 4) is 17.0 Å². The van der Waals surface area contributed by atoms with E-state index < -0.39 is 21.5 Å². The Kier molecular flexibility index (Phi) is 4.79. The molecule has 2 atom stereocenters. The summed E-state index contributed by atoms with van der Waals surface area (Å²) in [4.78, 5) is 4.29. The van der Waals surface area contributed by atoms with Crippen LogP contribution in [-0.2, 0) is 9.84 Å². The molecule has 25 heavy (non-hydrogen) atoms. The molecule has 0 aliphatic heterocycles. The van der Waals surface area contributed by atoms with E-state index in [1.54, 1.807) is 37.4 Å². The minimum atomic E-state index is -3.58. The van der Waals surface area contributed by atoms with E-state index in [4.69, 9.17) is 16.3 Å². The van der Waals surface area contributed by atoms with Gasteiger partial charge in [0, 0.05) is 23.0 Å². The Hall–Kier alpha value is -1.63. The minimum absolute atomic E-state index is 0.00310. The van der Waals surface area contributed by atoms with Crippen molar-refractivity contribution in [3.05, 3.63) is 41.6 Å². The van der Waals surface area contributed by atoms with E-state index in [-0.39, 0.29) is 15.7 Å². The van der Waals surface area contributed by atoms with Gasteiger partial charge in [-0.15, -0.1) is 0 Å². The first-order chi connectivity index (χ1) is 11.7. The molecule has 2 unspecified atom stereocenters. The number of hydrogen-bond donors (Lipinski definition) is 1. The highest BCUT2D eigenvalue weighted by molar-refractivity contribution is 7.90. The van der Waals surface area contributed by atoms with Crippen molar-refractivity contribution in [3.63, 3.8) is 0 Å². The van der Waals surface area contributed by atoms with Crippen molar-refractivity contribution in [1.82, 2.24) is 4.98 Å². The second kappa shape index (κ2) is 6.59. The molecule has 1 aromatic heterocycles. The van der Waals surface area contributed by atoms with Gasteiger partial charge >= 0.3 is 0 Å². The Morgan fingerprint density at radius 3 is 2.68 bits per heavy atom. The summed E-state index contributed by atoms with van der Waals surface area (Å²) < 4.78 is 30.7. The molecule has 1 N–H and O–H groups in total. The number of benzene rings is 1. The zero-order valence-corrected chi connectivity index (χ0v) is 15.6. The molecular formula is C18H20ClNO4S. The van der Waals surface area contributed by atoms with Crippen molar-refractivity contribution in [1.29, 1.82) is 0 Å². The maximum atomic E-state index is 12.3. The van der Waals surface area contributed by atoms with Gasteiger partial charge in [-0.05, 0) is 50.5 Å². The lowest BCUT2D eigenvalue weighted by Gasteiger charge is -2.28. The van der Waals surface area contributed by atoms with Gasteiger partial charge < -0.3 is 9.84 Å². The number of rotatable bonds is 4. The van der Waals surface area contributed by atoms with Crippen LogP contribution in [0.4, 0.5) is 0 Å². The number of hydrogen-bond acceptors (Lipinski definition) is 5. The molecule has 1 aromatic carbocycles. The molecule has 1 heterocycles. The molecule has 0 spiro atoms. The molecular weight excluding hydrogens is 362 g/mol. The van der Waals surface area contributed by atoms with Crippen molar-refractivity contribution in [2.75, 3.05) is 6.26 Å². The lowest BCUT2D eigenvalue weighted by molar-refractivity contribution is -0.0260. The summed E-state index contributed by atoms with van der Waals surface area (Å²) in [5.41, 5.74) is 0.0502. The molecule has 1 aliphatic rings. The van der Waals surface area contributed by atoms with Gasteiger partial charge in [0.2, 0.25) is 0 Å². The van der Waals surface area contributed by atoms with Crippen molar-refractivity contribution in [2.24, 2.45) is 0 Å². The predicted molar refractivity (Wildman–Crippen MR) is 96.7 cm³/mol. The molecule has 0 saturated heterocycles. The Morgan fingerprint density at radius 2 is 2.12 bits per heavy atom. The second-order valence-electron chi connectivity index (χ2n) is 6.62. The fourth-order valence-electron chi connectivity index (χ4n) is 3.12. The minimum Gasteiger partial charge on any atom is -0.485 e. The normalized spacial score (nSPS) is 23.6. The third-order valence-electron chi connectivity index (χ3n) is 4.46. The lowest BCUT2D eigenvalue weighted by atomic mass is 10.0. The number of halogens is 1. The zero-order valence-electron chi connectivity index (χ0n) is 14.1. The number of ether oxygens (including phenoxy) is 1. The van der Waals surface area contributed by atoms with Gasteiger partial charge in [0.05, 0.1) is 11.3 Å². The zero-order chi connectivity index (χ0) is 18.2. The number of aliphatic hydroxyl groups is 1. The quantitative estimate of drug-likeness (QED) is 0.877. The van der Waals surface area contributed by atoms with Gasteiger partial charge in [0.25, 0.3) is 0 Å². The lowest BCUT2D eigenvalue weighted by Crippen LogP contribution is -2.38. The Bertz CT molecular complexity index is 881. The highest BCUT2D eigenvalue weighted by atomic mass is 35.5. The van der Waals surface area contributed by atoms with Gasteiger partial charge in [0.15, 0.2) is 9.84 Å². The van der Waals surface area contributed by atoms with Crippen LogP contribution in [0.3, 0.4) is 0 Å². The van der Waals surface area contributed by atoms with Crippen molar-refractivity contribution >= 4 is 21.4 Å². The monoisotopic (exact) mass is 381 g/mol. The molecule has 134 valence electrons. The summed E-state index contributed by atoms with van der Waals surface area (Å²) in [7, 11) is -3.58. The highest BCUT2D eigenvalue weighted by Crippen LogP contribution is 2.41. The van der Waals surface area contributed by atoms with Gasteiger partial charge in [-0.25, -0.2) is 8.42 Å². The summed E-state index contributed by atoms with van der Waals surface area (Å²) in [6.07, 6.45) is 4.32.